The van der Waals surface area contributed by atoms with Crippen LogP contribution in [0.5, 0.6) is 0 Å². The lowest BCUT2D eigenvalue weighted by Gasteiger charge is -2.31. The van der Waals surface area contributed by atoms with E-state index in [0.29, 0.717) is 5.92 Å². The Labute approximate surface area is 95.6 Å². The van der Waals surface area contributed by atoms with Gasteiger partial charge in [-0.15, -0.1) is 0 Å². The molecule has 1 unspecified atom stereocenters. The number of amides is 2. The van der Waals surface area contributed by atoms with E-state index in [1.807, 2.05) is 4.90 Å². The van der Waals surface area contributed by atoms with Crippen LogP contribution in [0.3, 0.4) is 0 Å². The second-order valence-electron chi connectivity index (χ2n) is 4.59. The fourth-order valence-electron chi connectivity index (χ4n) is 2.11. The van der Waals surface area contributed by atoms with E-state index in [4.69, 9.17) is 0 Å². The Hall–Kier alpha value is -1.10. The third-order valence-electron chi connectivity index (χ3n) is 3.15. The lowest BCUT2D eigenvalue weighted by atomic mass is 10.1. The van der Waals surface area contributed by atoms with Crippen molar-refractivity contribution in [2.24, 2.45) is 5.92 Å². The Morgan fingerprint density at radius 3 is 2.44 bits per heavy atom. The van der Waals surface area contributed by atoms with Crippen molar-refractivity contribution >= 4 is 11.8 Å². The number of carbonyl (C=O) groups excluding carboxylic acids is 2. The summed E-state index contributed by atoms with van der Waals surface area (Å²) in [5, 5.41) is 6.00. The average Bonchev–Trinajstić information content (AvgIpc) is 3.10. The minimum absolute atomic E-state index is 0.0965. The molecule has 2 fully saturated rings. The molecule has 2 rings (SSSR count). The highest BCUT2D eigenvalue weighted by atomic mass is 16.2. The predicted octanol–water partition coefficient (Wildman–Crippen LogP) is -0.667. The largest absolute Gasteiger partial charge is 0.344 e. The minimum atomic E-state index is -0.282. The van der Waals surface area contributed by atoms with Crippen molar-refractivity contribution in [1.82, 2.24) is 15.5 Å². The summed E-state index contributed by atoms with van der Waals surface area (Å²) in [7, 11) is 0. The lowest BCUT2D eigenvalue weighted by Crippen LogP contribution is -2.54. The van der Waals surface area contributed by atoms with Gasteiger partial charge in [-0.25, -0.2) is 0 Å². The SMILES string of the molecule is CC(=O)NC(C(=O)N1CCNCC1)C1CC1. The van der Waals surface area contributed by atoms with Crippen LogP contribution in [0.4, 0.5) is 0 Å². The Balaban J connectivity index is 1.95. The van der Waals surface area contributed by atoms with Crippen LogP contribution in [0.2, 0.25) is 0 Å². The van der Waals surface area contributed by atoms with Crippen LogP contribution in [0.15, 0.2) is 0 Å². The van der Waals surface area contributed by atoms with Crippen LogP contribution in [0.1, 0.15) is 19.8 Å². The first kappa shape index (κ1) is 11.4. The van der Waals surface area contributed by atoms with E-state index in [1.165, 1.54) is 6.92 Å². The highest BCUT2D eigenvalue weighted by molar-refractivity contribution is 5.87. The van der Waals surface area contributed by atoms with Gasteiger partial charge in [-0.1, -0.05) is 0 Å². The van der Waals surface area contributed by atoms with Crippen LogP contribution < -0.4 is 10.6 Å². The molecule has 2 amide bonds. The molecule has 5 heteroatoms. The molecule has 1 saturated heterocycles. The van der Waals surface area contributed by atoms with Gasteiger partial charge in [-0.05, 0) is 18.8 Å². The fourth-order valence-corrected chi connectivity index (χ4v) is 2.11. The van der Waals surface area contributed by atoms with E-state index in [1.54, 1.807) is 0 Å². The van der Waals surface area contributed by atoms with Gasteiger partial charge in [0.25, 0.3) is 0 Å². The topological polar surface area (TPSA) is 61.4 Å². The van der Waals surface area contributed by atoms with Crippen molar-refractivity contribution in [1.29, 1.82) is 0 Å². The van der Waals surface area contributed by atoms with Gasteiger partial charge in [0.15, 0.2) is 0 Å². The van der Waals surface area contributed by atoms with Crippen molar-refractivity contribution in [3.05, 3.63) is 0 Å². The number of rotatable bonds is 3. The maximum Gasteiger partial charge on any atom is 0.245 e. The molecule has 0 radical (unpaired) electrons. The standard InChI is InChI=1S/C11H19N3O2/c1-8(15)13-10(9-2-3-9)11(16)14-6-4-12-5-7-14/h9-10,12H,2-7H2,1H3,(H,13,15). The molecule has 0 spiro atoms. The normalized spacial score (nSPS) is 22.7. The number of nitrogens with one attached hydrogen (secondary N) is 2. The third kappa shape index (κ3) is 2.72. The summed E-state index contributed by atoms with van der Waals surface area (Å²) in [6.45, 7) is 4.68. The van der Waals surface area contributed by atoms with E-state index < -0.39 is 0 Å². The first-order valence-corrected chi connectivity index (χ1v) is 5.95. The number of carbonyl (C=O) groups is 2. The smallest absolute Gasteiger partial charge is 0.245 e. The van der Waals surface area contributed by atoms with Crippen molar-refractivity contribution in [3.63, 3.8) is 0 Å². The van der Waals surface area contributed by atoms with Crippen molar-refractivity contribution in [2.75, 3.05) is 26.2 Å². The van der Waals surface area contributed by atoms with Gasteiger partial charge < -0.3 is 15.5 Å². The molecule has 2 aliphatic rings. The quantitative estimate of drug-likeness (QED) is 0.670. The van der Waals surface area contributed by atoms with Crippen LogP contribution in [-0.4, -0.2) is 48.9 Å². The van der Waals surface area contributed by atoms with Crippen LogP contribution in [0.25, 0.3) is 0 Å². The van der Waals surface area contributed by atoms with E-state index in [0.717, 1.165) is 39.0 Å². The number of hydrogen-bond acceptors (Lipinski definition) is 3. The summed E-state index contributed by atoms with van der Waals surface area (Å²) in [4.78, 5) is 25.1. The van der Waals surface area contributed by atoms with Gasteiger partial charge in [0.05, 0.1) is 0 Å². The van der Waals surface area contributed by atoms with Gasteiger partial charge in [-0.3, -0.25) is 9.59 Å². The molecule has 1 aliphatic carbocycles. The zero-order valence-corrected chi connectivity index (χ0v) is 9.66. The summed E-state index contributed by atoms with van der Waals surface area (Å²) in [6.07, 6.45) is 2.12. The minimum Gasteiger partial charge on any atom is -0.344 e. The summed E-state index contributed by atoms with van der Waals surface area (Å²) in [5.74, 6) is 0.353. The zero-order valence-electron chi connectivity index (χ0n) is 9.66. The second-order valence-corrected chi connectivity index (χ2v) is 4.59. The summed E-state index contributed by atoms with van der Waals surface area (Å²) < 4.78 is 0. The lowest BCUT2D eigenvalue weighted by molar-refractivity contribution is -0.137. The van der Waals surface area contributed by atoms with Crippen LogP contribution >= 0.6 is 0 Å². The Morgan fingerprint density at radius 2 is 1.94 bits per heavy atom. The molecule has 2 N–H and O–H groups in total. The third-order valence-corrected chi connectivity index (χ3v) is 3.15. The molecule has 5 nitrogen and oxygen atoms in total. The number of hydrogen-bond donors (Lipinski definition) is 2. The molecule has 1 aliphatic heterocycles. The maximum absolute atomic E-state index is 12.2. The molecule has 0 aromatic rings. The molecule has 1 atom stereocenters. The van der Waals surface area contributed by atoms with Gasteiger partial charge in [0, 0.05) is 33.1 Å². The van der Waals surface area contributed by atoms with Gasteiger partial charge in [0.2, 0.25) is 11.8 Å². The van der Waals surface area contributed by atoms with Crippen molar-refractivity contribution in [3.8, 4) is 0 Å². The van der Waals surface area contributed by atoms with E-state index in [-0.39, 0.29) is 17.9 Å². The summed E-state index contributed by atoms with van der Waals surface area (Å²) >= 11 is 0. The van der Waals surface area contributed by atoms with E-state index >= 15 is 0 Å². The first-order chi connectivity index (χ1) is 7.68. The van der Waals surface area contributed by atoms with Gasteiger partial charge in [0.1, 0.15) is 6.04 Å². The second kappa shape index (κ2) is 4.82. The van der Waals surface area contributed by atoms with Crippen molar-refractivity contribution in [2.45, 2.75) is 25.8 Å². The molecule has 0 bridgehead atoms. The Bertz CT molecular complexity index is 283. The predicted molar refractivity (Wildman–Crippen MR) is 59.8 cm³/mol. The Kier molecular flexibility index (Phi) is 3.43. The Morgan fingerprint density at radius 1 is 1.31 bits per heavy atom. The molecule has 1 saturated carbocycles. The average molecular weight is 225 g/mol. The maximum atomic E-state index is 12.2. The molecule has 0 aromatic carbocycles. The summed E-state index contributed by atoms with van der Waals surface area (Å²) in [5.41, 5.74) is 0. The molecular weight excluding hydrogens is 206 g/mol. The molecule has 1 heterocycles. The molecule has 16 heavy (non-hydrogen) atoms. The highest BCUT2D eigenvalue weighted by Gasteiger charge is 2.38. The number of piperazine rings is 1. The fraction of sp³-hybridized carbons (Fsp3) is 0.818. The van der Waals surface area contributed by atoms with Gasteiger partial charge >= 0.3 is 0 Å². The van der Waals surface area contributed by atoms with Crippen molar-refractivity contribution < 1.29 is 9.59 Å². The highest BCUT2D eigenvalue weighted by Crippen LogP contribution is 2.33. The van der Waals surface area contributed by atoms with Crippen LogP contribution in [-0.2, 0) is 9.59 Å². The molecule has 0 aromatic heterocycles. The number of nitrogens with zero attached hydrogens (tertiary/aromatic N) is 1. The monoisotopic (exact) mass is 225 g/mol. The summed E-state index contributed by atoms with van der Waals surface area (Å²) in [6, 6.07) is -0.282. The molecule has 90 valence electrons. The zero-order chi connectivity index (χ0) is 11.5. The molecular formula is C11H19N3O2. The van der Waals surface area contributed by atoms with Gasteiger partial charge in [-0.2, -0.15) is 0 Å². The van der Waals surface area contributed by atoms with E-state index in [9.17, 15) is 9.59 Å². The van der Waals surface area contributed by atoms with Crippen LogP contribution in [0, 0.1) is 5.92 Å². The first-order valence-electron chi connectivity index (χ1n) is 5.95. The van der Waals surface area contributed by atoms with E-state index in [2.05, 4.69) is 10.6 Å².